The fourth-order valence-electron chi connectivity index (χ4n) is 1.85. The van der Waals surface area contributed by atoms with E-state index in [9.17, 15) is 0 Å². The summed E-state index contributed by atoms with van der Waals surface area (Å²) in [4.78, 5) is 0. The highest BCUT2D eigenvalue weighted by atomic mass is 32.1. The average molecular weight is 238 g/mol. The van der Waals surface area contributed by atoms with Crippen LogP contribution >= 0.6 is 12.8 Å². The molecule has 0 unspecified atom stereocenters. The van der Waals surface area contributed by atoms with Gasteiger partial charge in [0.25, 0.3) is 0 Å². The Bertz CT molecular complexity index is 361. The average Bonchev–Trinajstić information content (AvgIpc) is 2.16. The van der Waals surface area contributed by atoms with Gasteiger partial charge in [-0.15, -0.1) is 0 Å². The zero-order valence-corrected chi connectivity index (χ0v) is 12.2. The van der Waals surface area contributed by atoms with Gasteiger partial charge in [0.2, 0.25) is 0 Å². The van der Waals surface area contributed by atoms with Gasteiger partial charge in [0.15, 0.2) is 0 Å². The second-order valence-corrected chi connectivity index (χ2v) is 6.70. The predicted molar refractivity (Wildman–Crippen MR) is 74.7 cm³/mol. The standard InChI is InChI=1S/C14H24NS/c1-11(2)12-9-7-8-10-13(12)14(3,4)15(5,6)16/h7-11,16H,1-6H3/q+1. The molecule has 0 saturated heterocycles. The third-order valence-corrected chi connectivity index (χ3v) is 4.11. The Labute approximate surface area is 106 Å². The van der Waals surface area contributed by atoms with E-state index in [0.29, 0.717) is 9.81 Å². The third-order valence-electron chi connectivity index (χ3n) is 3.61. The first-order valence-corrected chi connectivity index (χ1v) is 6.24. The largest absolute Gasteiger partial charge is 0.261 e. The minimum Gasteiger partial charge on any atom is -0.261 e. The van der Waals surface area contributed by atoms with E-state index in [4.69, 9.17) is 12.8 Å². The van der Waals surface area contributed by atoms with E-state index in [1.165, 1.54) is 11.1 Å². The molecule has 0 aliphatic rings. The molecule has 0 atom stereocenters. The van der Waals surface area contributed by atoms with Crippen LogP contribution in [0.5, 0.6) is 0 Å². The van der Waals surface area contributed by atoms with Gasteiger partial charge < -0.3 is 0 Å². The summed E-state index contributed by atoms with van der Waals surface area (Å²) in [6.45, 7) is 8.99. The molecule has 90 valence electrons. The Hall–Kier alpha value is -0.470. The molecule has 0 aromatic heterocycles. The Morgan fingerprint density at radius 2 is 1.62 bits per heavy atom. The van der Waals surface area contributed by atoms with Crippen molar-refractivity contribution in [2.24, 2.45) is 0 Å². The van der Waals surface area contributed by atoms with Crippen LogP contribution in [0.4, 0.5) is 0 Å². The molecule has 1 rings (SSSR count). The van der Waals surface area contributed by atoms with Crippen LogP contribution in [-0.4, -0.2) is 18.0 Å². The van der Waals surface area contributed by atoms with Crippen LogP contribution in [0.15, 0.2) is 24.3 Å². The summed E-state index contributed by atoms with van der Waals surface area (Å²) in [5.41, 5.74) is 2.82. The van der Waals surface area contributed by atoms with Crippen molar-refractivity contribution in [3.63, 3.8) is 0 Å². The summed E-state index contributed by atoms with van der Waals surface area (Å²) in [5.74, 6) is 0.551. The number of nitrogens with zero attached hydrogens (tertiary/aromatic N) is 1. The molecular formula is C14H24NS+. The number of hydrogen-bond acceptors (Lipinski definition) is 1. The van der Waals surface area contributed by atoms with Crippen LogP contribution in [0.25, 0.3) is 0 Å². The Morgan fingerprint density at radius 1 is 1.12 bits per heavy atom. The van der Waals surface area contributed by atoms with Gasteiger partial charge in [0.05, 0.1) is 26.9 Å². The van der Waals surface area contributed by atoms with Crippen molar-refractivity contribution < 1.29 is 3.89 Å². The summed E-state index contributed by atoms with van der Waals surface area (Å²) >= 11 is 4.70. The molecular weight excluding hydrogens is 214 g/mol. The molecule has 1 nitrogen and oxygen atoms in total. The van der Waals surface area contributed by atoms with Crippen molar-refractivity contribution in [3.05, 3.63) is 35.4 Å². The van der Waals surface area contributed by atoms with Crippen LogP contribution in [0, 0.1) is 0 Å². The smallest absolute Gasteiger partial charge is 0.129 e. The Balaban J connectivity index is 3.33. The van der Waals surface area contributed by atoms with Crippen molar-refractivity contribution >= 4 is 12.8 Å². The van der Waals surface area contributed by atoms with E-state index in [0.717, 1.165) is 0 Å². The zero-order chi connectivity index (χ0) is 12.6. The van der Waals surface area contributed by atoms with Crippen LogP contribution < -0.4 is 0 Å². The molecule has 1 aromatic carbocycles. The maximum Gasteiger partial charge on any atom is 0.129 e. The van der Waals surface area contributed by atoms with Crippen LogP contribution in [0.1, 0.15) is 44.7 Å². The minimum absolute atomic E-state index is 0.00394. The highest BCUT2D eigenvalue weighted by molar-refractivity contribution is 7.74. The lowest BCUT2D eigenvalue weighted by molar-refractivity contribution is -0.813. The normalized spacial score (nSPS) is 13.2. The summed E-state index contributed by atoms with van der Waals surface area (Å²) < 4.78 is 0.636. The molecule has 0 spiro atoms. The van der Waals surface area contributed by atoms with E-state index in [-0.39, 0.29) is 5.54 Å². The van der Waals surface area contributed by atoms with E-state index >= 15 is 0 Å². The van der Waals surface area contributed by atoms with E-state index < -0.39 is 0 Å². The van der Waals surface area contributed by atoms with E-state index in [1.807, 2.05) is 0 Å². The minimum atomic E-state index is 0.00394. The lowest BCUT2D eigenvalue weighted by Crippen LogP contribution is -2.46. The molecule has 0 radical (unpaired) electrons. The highest BCUT2D eigenvalue weighted by Gasteiger charge is 2.38. The molecule has 0 amide bonds. The number of rotatable bonds is 3. The predicted octanol–water partition coefficient (Wildman–Crippen LogP) is 3.97. The van der Waals surface area contributed by atoms with Gasteiger partial charge >= 0.3 is 0 Å². The topological polar surface area (TPSA) is 0 Å². The highest BCUT2D eigenvalue weighted by Crippen LogP contribution is 2.37. The van der Waals surface area contributed by atoms with Crippen LogP contribution in [-0.2, 0) is 5.54 Å². The third kappa shape index (κ3) is 2.44. The summed E-state index contributed by atoms with van der Waals surface area (Å²) in [7, 11) is 4.25. The molecule has 0 bridgehead atoms. The molecule has 16 heavy (non-hydrogen) atoms. The van der Waals surface area contributed by atoms with Gasteiger partial charge in [-0.2, -0.15) is 0 Å². The Kier molecular flexibility index (Phi) is 3.76. The molecule has 0 heterocycles. The quantitative estimate of drug-likeness (QED) is 0.598. The first-order chi connectivity index (χ1) is 7.18. The van der Waals surface area contributed by atoms with Gasteiger partial charge in [-0.05, 0) is 25.3 Å². The van der Waals surface area contributed by atoms with Crippen LogP contribution in [0.3, 0.4) is 0 Å². The zero-order valence-electron chi connectivity index (χ0n) is 11.3. The van der Waals surface area contributed by atoms with Crippen molar-refractivity contribution in [2.45, 2.75) is 39.2 Å². The summed E-state index contributed by atoms with van der Waals surface area (Å²) in [6.07, 6.45) is 0. The van der Waals surface area contributed by atoms with Gasteiger partial charge in [-0.1, -0.05) is 38.1 Å². The SMILES string of the molecule is CC(C)c1ccccc1C(C)(C)[N+](C)(C)S. The molecule has 0 aliphatic carbocycles. The van der Waals surface area contributed by atoms with E-state index in [2.05, 4.69) is 66.1 Å². The molecule has 0 N–H and O–H groups in total. The lowest BCUT2D eigenvalue weighted by atomic mass is 9.85. The number of hydrogen-bond donors (Lipinski definition) is 1. The van der Waals surface area contributed by atoms with Crippen LogP contribution in [0.2, 0.25) is 0 Å². The second-order valence-electron chi connectivity index (χ2n) is 5.70. The number of thiol groups is 1. The van der Waals surface area contributed by atoms with Crippen molar-refractivity contribution in [1.82, 2.24) is 0 Å². The number of benzene rings is 1. The maximum absolute atomic E-state index is 4.70. The Morgan fingerprint density at radius 3 is 2.06 bits per heavy atom. The second kappa shape index (κ2) is 4.42. The lowest BCUT2D eigenvalue weighted by Gasteiger charge is -2.40. The monoisotopic (exact) mass is 238 g/mol. The first kappa shape index (κ1) is 13.6. The summed E-state index contributed by atoms with van der Waals surface area (Å²) in [5, 5.41) is 0. The number of quaternary nitrogens is 1. The van der Waals surface area contributed by atoms with E-state index in [1.54, 1.807) is 0 Å². The van der Waals surface area contributed by atoms with Gasteiger partial charge in [-0.3, -0.25) is 3.89 Å². The van der Waals surface area contributed by atoms with Crippen molar-refractivity contribution in [3.8, 4) is 0 Å². The first-order valence-electron chi connectivity index (χ1n) is 5.84. The molecule has 0 fully saturated rings. The van der Waals surface area contributed by atoms with Gasteiger partial charge in [0, 0.05) is 5.56 Å². The fraction of sp³-hybridized carbons (Fsp3) is 0.571. The maximum atomic E-state index is 4.70. The molecule has 0 aliphatic heterocycles. The molecule has 2 heteroatoms. The molecule has 0 saturated carbocycles. The fourth-order valence-corrected chi connectivity index (χ4v) is 1.96. The van der Waals surface area contributed by atoms with Crippen molar-refractivity contribution in [1.29, 1.82) is 0 Å². The summed E-state index contributed by atoms with van der Waals surface area (Å²) in [6, 6.07) is 8.69. The van der Waals surface area contributed by atoms with Gasteiger partial charge in [0.1, 0.15) is 5.54 Å². The van der Waals surface area contributed by atoms with Crippen molar-refractivity contribution in [2.75, 3.05) is 14.1 Å². The van der Waals surface area contributed by atoms with Gasteiger partial charge in [-0.25, -0.2) is 0 Å². The molecule has 1 aromatic rings.